The molecule has 5 heteroatoms. The molecule has 1 amide bonds. The molecule has 0 aliphatic carbocycles. The molecule has 0 aromatic rings. The topological polar surface area (TPSA) is 58.8 Å². The largest absolute Gasteiger partial charge is 0.368 e. The van der Waals surface area contributed by atoms with Gasteiger partial charge in [0, 0.05) is 32.7 Å². The molecule has 2 rings (SSSR count). The van der Waals surface area contributed by atoms with E-state index < -0.39 is 0 Å². The molecule has 2 aliphatic heterocycles. The van der Waals surface area contributed by atoms with Crippen LogP contribution in [0.5, 0.6) is 0 Å². The lowest BCUT2D eigenvalue weighted by Gasteiger charge is -2.42. The van der Waals surface area contributed by atoms with Gasteiger partial charge in [0.05, 0.1) is 18.2 Å². The van der Waals surface area contributed by atoms with Crippen molar-refractivity contribution in [3.63, 3.8) is 0 Å². The smallest absolute Gasteiger partial charge is 0.236 e. The molecule has 0 aromatic heterocycles. The summed E-state index contributed by atoms with van der Waals surface area (Å²) in [7, 11) is 0. The van der Waals surface area contributed by atoms with Gasteiger partial charge >= 0.3 is 0 Å². The fraction of sp³-hybridized carbons (Fsp3) is 0.923. The zero-order valence-corrected chi connectivity index (χ0v) is 11.5. The highest BCUT2D eigenvalue weighted by atomic mass is 16.5. The van der Waals surface area contributed by atoms with Gasteiger partial charge in [-0.2, -0.15) is 0 Å². The van der Waals surface area contributed by atoms with E-state index in [-0.39, 0.29) is 17.6 Å². The molecule has 2 saturated heterocycles. The molecule has 2 heterocycles. The van der Waals surface area contributed by atoms with Crippen LogP contribution in [0.25, 0.3) is 0 Å². The molecule has 1 unspecified atom stereocenters. The second-order valence-electron chi connectivity index (χ2n) is 5.99. The van der Waals surface area contributed by atoms with E-state index in [9.17, 15) is 4.79 Å². The summed E-state index contributed by atoms with van der Waals surface area (Å²) < 4.78 is 5.87. The second-order valence-corrected chi connectivity index (χ2v) is 5.99. The van der Waals surface area contributed by atoms with Crippen molar-refractivity contribution in [2.24, 2.45) is 5.73 Å². The van der Waals surface area contributed by atoms with Crippen molar-refractivity contribution < 1.29 is 9.53 Å². The number of carbonyl (C=O) groups excluding carboxylic acids is 1. The van der Waals surface area contributed by atoms with E-state index >= 15 is 0 Å². The zero-order chi connectivity index (χ0) is 13.2. The lowest BCUT2D eigenvalue weighted by molar-refractivity contribution is -0.146. The van der Waals surface area contributed by atoms with Crippen LogP contribution in [0.4, 0.5) is 0 Å². The average Bonchev–Trinajstić information content (AvgIpc) is 2.80. The predicted molar refractivity (Wildman–Crippen MR) is 70.3 cm³/mol. The number of morpholine rings is 1. The standard InChI is InChI=1S/C13H25N3O2/c1-13(2)10-15(8-11(7-14)18-13)9-12(17)16-5-3-4-6-16/h11H,3-10,14H2,1-2H3. The SMILES string of the molecule is CC1(C)CN(CC(=O)N2CCCC2)CC(CN)O1. The predicted octanol–water partition coefficient (Wildman–Crippen LogP) is 0.0469. The van der Waals surface area contributed by atoms with Crippen LogP contribution in [-0.4, -0.2) is 66.7 Å². The Morgan fingerprint density at radius 2 is 2.06 bits per heavy atom. The molecule has 0 spiro atoms. The summed E-state index contributed by atoms with van der Waals surface area (Å²) in [5.74, 6) is 0.251. The Hall–Kier alpha value is -0.650. The first kappa shape index (κ1) is 13.8. The quantitative estimate of drug-likeness (QED) is 0.774. The molecule has 0 saturated carbocycles. The summed E-state index contributed by atoms with van der Waals surface area (Å²) in [5.41, 5.74) is 5.48. The van der Waals surface area contributed by atoms with E-state index in [1.807, 2.05) is 4.90 Å². The Kier molecular flexibility index (Phi) is 4.25. The number of ether oxygens (including phenoxy) is 1. The molecule has 0 bridgehead atoms. The average molecular weight is 255 g/mol. The first-order valence-electron chi connectivity index (χ1n) is 6.88. The number of hydrogen-bond acceptors (Lipinski definition) is 4. The zero-order valence-electron chi connectivity index (χ0n) is 11.5. The first-order chi connectivity index (χ1) is 8.50. The van der Waals surface area contributed by atoms with Crippen LogP contribution >= 0.6 is 0 Å². The fourth-order valence-electron chi connectivity index (χ4n) is 2.92. The van der Waals surface area contributed by atoms with Crippen LogP contribution in [0.15, 0.2) is 0 Å². The Morgan fingerprint density at radius 1 is 1.39 bits per heavy atom. The first-order valence-corrected chi connectivity index (χ1v) is 6.88. The van der Waals surface area contributed by atoms with Crippen molar-refractivity contribution in [2.45, 2.75) is 38.4 Å². The van der Waals surface area contributed by atoms with Crippen LogP contribution in [0, 0.1) is 0 Å². The minimum atomic E-state index is -0.215. The number of amides is 1. The summed E-state index contributed by atoms with van der Waals surface area (Å²) in [6, 6.07) is 0. The normalized spacial score (nSPS) is 28.6. The van der Waals surface area contributed by atoms with Gasteiger partial charge in [-0.1, -0.05) is 0 Å². The molecular weight excluding hydrogens is 230 g/mol. The molecular formula is C13H25N3O2. The van der Waals surface area contributed by atoms with Gasteiger partial charge in [0.2, 0.25) is 5.91 Å². The van der Waals surface area contributed by atoms with Crippen LogP contribution in [-0.2, 0) is 9.53 Å². The van der Waals surface area contributed by atoms with E-state index in [0.717, 1.165) is 39.0 Å². The molecule has 2 aliphatic rings. The van der Waals surface area contributed by atoms with E-state index in [4.69, 9.17) is 10.5 Å². The summed E-state index contributed by atoms with van der Waals surface area (Å²) in [5, 5.41) is 0. The van der Waals surface area contributed by atoms with Crippen molar-refractivity contribution in [1.82, 2.24) is 9.80 Å². The monoisotopic (exact) mass is 255 g/mol. The molecule has 1 atom stereocenters. The van der Waals surface area contributed by atoms with Crippen LogP contribution in [0.2, 0.25) is 0 Å². The van der Waals surface area contributed by atoms with E-state index in [1.165, 1.54) is 0 Å². The maximum Gasteiger partial charge on any atom is 0.236 e. The minimum absolute atomic E-state index is 0.0418. The summed E-state index contributed by atoms with van der Waals surface area (Å²) in [4.78, 5) is 16.3. The van der Waals surface area contributed by atoms with Crippen LogP contribution < -0.4 is 5.73 Å². The molecule has 18 heavy (non-hydrogen) atoms. The molecule has 5 nitrogen and oxygen atoms in total. The third-order valence-electron chi connectivity index (χ3n) is 3.63. The maximum atomic E-state index is 12.1. The highest BCUT2D eigenvalue weighted by molar-refractivity contribution is 5.78. The summed E-state index contributed by atoms with van der Waals surface area (Å²) >= 11 is 0. The van der Waals surface area contributed by atoms with Gasteiger partial charge in [0.1, 0.15) is 0 Å². The van der Waals surface area contributed by atoms with Crippen molar-refractivity contribution >= 4 is 5.91 Å². The van der Waals surface area contributed by atoms with E-state index in [0.29, 0.717) is 13.1 Å². The fourth-order valence-corrected chi connectivity index (χ4v) is 2.92. The van der Waals surface area contributed by atoms with Crippen molar-refractivity contribution in [1.29, 1.82) is 0 Å². The van der Waals surface area contributed by atoms with Gasteiger partial charge < -0.3 is 15.4 Å². The Bertz CT molecular complexity index is 301. The lowest BCUT2D eigenvalue weighted by atomic mass is 10.1. The van der Waals surface area contributed by atoms with Crippen LogP contribution in [0.1, 0.15) is 26.7 Å². The number of hydrogen-bond donors (Lipinski definition) is 1. The molecule has 0 radical (unpaired) electrons. The van der Waals surface area contributed by atoms with Gasteiger partial charge in [-0.15, -0.1) is 0 Å². The van der Waals surface area contributed by atoms with E-state index in [1.54, 1.807) is 0 Å². The molecule has 2 N–H and O–H groups in total. The molecule has 104 valence electrons. The lowest BCUT2D eigenvalue weighted by Crippen LogP contribution is -2.56. The minimum Gasteiger partial charge on any atom is -0.368 e. The number of rotatable bonds is 3. The summed E-state index contributed by atoms with van der Waals surface area (Å²) in [6.07, 6.45) is 2.33. The highest BCUT2D eigenvalue weighted by Gasteiger charge is 2.34. The van der Waals surface area contributed by atoms with Gasteiger partial charge in [-0.25, -0.2) is 0 Å². The Labute approximate surface area is 109 Å². The third-order valence-corrected chi connectivity index (χ3v) is 3.63. The van der Waals surface area contributed by atoms with Crippen molar-refractivity contribution in [3.05, 3.63) is 0 Å². The number of likely N-dealkylation sites (tertiary alicyclic amines) is 1. The van der Waals surface area contributed by atoms with E-state index in [2.05, 4.69) is 18.7 Å². The van der Waals surface area contributed by atoms with Crippen molar-refractivity contribution in [3.8, 4) is 0 Å². The van der Waals surface area contributed by atoms with Gasteiger partial charge in [0.25, 0.3) is 0 Å². The van der Waals surface area contributed by atoms with Gasteiger partial charge in [0.15, 0.2) is 0 Å². The van der Waals surface area contributed by atoms with Gasteiger partial charge in [-0.05, 0) is 26.7 Å². The second kappa shape index (κ2) is 5.55. The van der Waals surface area contributed by atoms with Gasteiger partial charge in [-0.3, -0.25) is 9.69 Å². The number of nitrogens with two attached hydrogens (primary N) is 1. The summed E-state index contributed by atoms with van der Waals surface area (Å²) in [6.45, 7) is 8.54. The Balaban J connectivity index is 1.89. The third kappa shape index (κ3) is 3.43. The highest BCUT2D eigenvalue weighted by Crippen LogP contribution is 2.20. The molecule has 2 fully saturated rings. The number of nitrogens with zero attached hydrogens (tertiary/aromatic N) is 2. The maximum absolute atomic E-state index is 12.1. The molecule has 0 aromatic carbocycles. The Morgan fingerprint density at radius 3 is 2.67 bits per heavy atom. The number of carbonyl (C=O) groups is 1. The van der Waals surface area contributed by atoms with Crippen molar-refractivity contribution in [2.75, 3.05) is 39.3 Å². The van der Waals surface area contributed by atoms with Crippen LogP contribution in [0.3, 0.4) is 0 Å².